The molecule has 1 saturated heterocycles. The summed E-state index contributed by atoms with van der Waals surface area (Å²) in [6, 6.07) is 5.34. The van der Waals surface area contributed by atoms with Gasteiger partial charge in [-0.1, -0.05) is 17.7 Å². The molecule has 2 N–H and O–H groups in total. The summed E-state index contributed by atoms with van der Waals surface area (Å²) in [6.45, 7) is 5.09. The van der Waals surface area contributed by atoms with Crippen molar-refractivity contribution in [3.8, 4) is 5.75 Å². The molecule has 164 valence electrons. The van der Waals surface area contributed by atoms with Crippen LogP contribution in [-0.2, 0) is 6.54 Å². The molecular formula is C22H25ClN4O4. The Kier molecular flexibility index (Phi) is 5.66. The lowest BCUT2D eigenvalue weighted by molar-refractivity contribution is 0.0534. The molecule has 1 atom stereocenters. The number of hydrogen-bond acceptors (Lipinski definition) is 5. The summed E-state index contributed by atoms with van der Waals surface area (Å²) in [7, 11) is 0. The predicted octanol–water partition coefficient (Wildman–Crippen LogP) is 2.37. The molecule has 2 aliphatic heterocycles. The molecule has 0 saturated carbocycles. The first-order chi connectivity index (χ1) is 14.8. The van der Waals surface area contributed by atoms with Gasteiger partial charge in [0, 0.05) is 30.9 Å². The standard InChI is InChI=1S/C22H25ClN4O4/c1-3-25-17-6-4-5-9-26(17)27-12-16(19(28)20(29)18(27)22(25)31)21(30)24-11-14-7-8-15(23)10-13(14)2/h7-8,10,12,17,29H,3-6,9,11H2,1-2H3,(H,24,30)/t17-/m0/s1. The molecule has 0 radical (unpaired) electrons. The normalized spacial score (nSPS) is 17.9. The second kappa shape index (κ2) is 8.26. The number of carbonyl (C=O) groups is 2. The van der Waals surface area contributed by atoms with Crippen LogP contribution in [0.3, 0.4) is 0 Å². The molecule has 0 unspecified atom stereocenters. The summed E-state index contributed by atoms with van der Waals surface area (Å²) in [5.74, 6) is -1.70. The number of aromatic hydroxyl groups is 1. The Bertz CT molecular complexity index is 1110. The summed E-state index contributed by atoms with van der Waals surface area (Å²) in [5.41, 5.74) is 0.644. The van der Waals surface area contributed by atoms with Gasteiger partial charge in [0.25, 0.3) is 11.8 Å². The van der Waals surface area contributed by atoms with E-state index in [1.54, 1.807) is 17.0 Å². The SMILES string of the molecule is CCN1C(=O)c2c(O)c(=O)c(C(=O)NCc3ccc(Cl)cc3C)cn2N2CCCC[C@@H]12. The maximum absolute atomic E-state index is 13.0. The van der Waals surface area contributed by atoms with Crippen LogP contribution in [0.1, 0.15) is 58.2 Å². The predicted molar refractivity (Wildman–Crippen MR) is 117 cm³/mol. The molecule has 3 heterocycles. The van der Waals surface area contributed by atoms with Crippen molar-refractivity contribution in [3.05, 3.63) is 62.0 Å². The Morgan fingerprint density at radius 1 is 1.29 bits per heavy atom. The summed E-state index contributed by atoms with van der Waals surface area (Å²) >= 11 is 5.97. The fourth-order valence-electron chi connectivity index (χ4n) is 4.37. The molecule has 9 heteroatoms. The molecule has 31 heavy (non-hydrogen) atoms. The van der Waals surface area contributed by atoms with Crippen LogP contribution in [0.4, 0.5) is 0 Å². The number of aryl methyl sites for hydroxylation is 1. The van der Waals surface area contributed by atoms with E-state index in [2.05, 4.69) is 5.32 Å². The van der Waals surface area contributed by atoms with Crippen LogP contribution >= 0.6 is 11.6 Å². The first-order valence-electron chi connectivity index (χ1n) is 10.4. The van der Waals surface area contributed by atoms with Crippen LogP contribution in [0.15, 0.2) is 29.2 Å². The van der Waals surface area contributed by atoms with Crippen molar-refractivity contribution in [1.29, 1.82) is 0 Å². The number of nitrogens with one attached hydrogen (secondary N) is 1. The minimum Gasteiger partial charge on any atom is -0.502 e. The van der Waals surface area contributed by atoms with Crippen LogP contribution in [0.25, 0.3) is 0 Å². The molecule has 1 fully saturated rings. The third kappa shape index (κ3) is 3.65. The molecular weight excluding hydrogens is 420 g/mol. The molecule has 8 nitrogen and oxygen atoms in total. The van der Waals surface area contributed by atoms with Crippen LogP contribution in [-0.4, -0.2) is 45.8 Å². The van der Waals surface area contributed by atoms with Crippen molar-refractivity contribution in [2.75, 3.05) is 18.1 Å². The number of hydrogen-bond donors (Lipinski definition) is 2. The average molecular weight is 445 g/mol. The molecule has 1 aromatic heterocycles. The summed E-state index contributed by atoms with van der Waals surface area (Å²) in [6.07, 6.45) is 3.92. The van der Waals surface area contributed by atoms with E-state index >= 15 is 0 Å². The van der Waals surface area contributed by atoms with Gasteiger partial charge in [-0.2, -0.15) is 0 Å². The zero-order valence-electron chi connectivity index (χ0n) is 17.5. The van der Waals surface area contributed by atoms with E-state index in [9.17, 15) is 19.5 Å². The van der Waals surface area contributed by atoms with E-state index in [1.165, 1.54) is 10.9 Å². The summed E-state index contributed by atoms with van der Waals surface area (Å²) in [4.78, 5) is 40.3. The largest absolute Gasteiger partial charge is 0.502 e. The van der Waals surface area contributed by atoms with Crippen molar-refractivity contribution in [1.82, 2.24) is 14.9 Å². The maximum atomic E-state index is 13.0. The van der Waals surface area contributed by atoms with E-state index in [-0.39, 0.29) is 24.0 Å². The monoisotopic (exact) mass is 444 g/mol. The Balaban J connectivity index is 1.69. The van der Waals surface area contributed by atoms with Gasteiger partial charge in [-0.15, -0.1) is 0 Å². The topological polar surface area (TPSA) is 94.9 Å². The highest BCUT2D eigenvalue weighted by Crippen LogP contribution is 2.29. The van der Waals surface area contributed by atoms with Gasteiger partial charge in [0.1, 0.15) is 11.7 Å². The first-order valence-corrected chi connectivity index (χ1v) is 10.8. The highest BCUT2D eigenvalue weighted by Gasteiger charge is 2.40. The Hall–Kier alpha value is -3.00. The lowest BCUT2D eigenvalue weighted by atomic mass is 10.0. The third-order valence-corrected chi connectivity index (χ3v) is 6.27. The zero-order chi connectivity index (χ0) is 22.3. The minimum absolute atomic E-state index is 0.0879. The number of aromatic nitrogens is 1. The number of benzene rings is 1. The molecule has 0 aliphatic carbocycles. The Labute approximate surface area is 185 Å². The van der Waals surface area contributed by atoms with Crippen molar-refractivity contribution in [3.63, 3.8) is 0 Å². The van der Waals surface area contributed by atoms with Gasteiger partial charge < -0.3 is 15.3 Å². The first kappa shape index (κ1) is 21.2. The minimum atomic E-state index is -0.851. The molecule has 2 aliphatic rings. The molecule has 2 aromatic rings. The van der Waals surface area contributed by atoms with E-state index < -0.39 is 23.0 Å². The molecule has 2 amide bonds. The van der Waals surface area contributed by atoms with Gasteiger partial charge >= 0.3 is 0 Å². The molecule has 0 spiro atoms. The van der Waals surface area contributed by atoms with Crippen LogP contribution in [0.2, 0.25) is 5.02 Å². The van der Waals surface area contributed by atoms with Crippen LogP contribution in [0, 0.1) is 6.92 Å². The fourth-order valence-corrected chi connectivity index (χ4v) is 4.60. The number of pyridine rings is 1. The van der Waals surface area contributed by atoms with Crippen molar-refractivity contribution in [2.24, 2.45) is 0 Å². The summed E-state index contributed by atoms with van der Waals surface area (Å²) in [5, 5.41) is 15.9. The van der Waals surface area contributed by atoms with E-state index in [0.717, 1.165) is 30.4 Å². The number of fused-ring (bicyclic) bond motifs is 3. The highest BCUT2D eigenvalue weighted by atomic mass is 35.5. The number of rotatable bonds is 4. The van der Waals surface area contributed by atoms with Crippen molar-refractivity contribution >= 4 is 23.4 Å². The fraction of sp³-hybridized carbons (Fsp3) is 0.409. The van der Waals surface area contributed by atoms with Gasteiger partial charge in [-0.3, -0.25) is 24.1 Å². The lowest BCUT2D eigenvalue weighted by Crippen LogP contribution is -2.63. The Morgan fingerprint density at radius 3 is 2.77 bits per heavy atom. The number of carbonyl (C=O) groups excluding carboxylic acids is 2. The van der Waals surface area contributed by atoms with E-state index in [1.807, 2.05) is 24.9 Å². The van der Waals surface area contributed by atoms with Crippen molar-refractivity contribution in [2.45, 2.75) is 45.8 Å². The molecule has 1 aromatic carbocycles. The van der Waals surface area contributed by atoms with E-state index in [0.29, 0.717) is 18.1 Å². The van der Waals surface area contributed by atoms with Gasteiger partial charge in [-0.25, -0.2) is 0 Å². The third-order valence-electron chi connectivity index (χ3n) is 6.04. The van der Waals surface area contributed by atoms with Gasteiger partial charge in [-0.05, 0) is 56.4 Å². The maximum Gasteiger partial charge on any atom is 0.278 e. The van der Waals surface area contributed by atoms with Gasteiger partial charge in [0.05, 0.1) is 0 Å². The molecule has 0 bridgehead atoms. The average Bonchev–Trinajstić information content (AvgIpc) is 2.75. The zero-order valence-corrected chi connectivity index (χ0v) is 18.3. The Morgan fingerprint density at radius 2 is 2.06 bits per heavy atom. The number of halogens is 1. The van der Waals surface area contributed by atoms with Crippen LogP contribution in [0.5, 0.6) is 5.75 Å². The summed E-state index contributed by atoms with van der Waals surface area (Å²) < 4.78 is 1.50. The van der Waals surface area contributed by atoms with Crippen molar-refractivity contribution < 1.29 is 14.7 Å². The van der Waals surface area contributed by atoms with Gasteiger partial charge in [0.15, 0.2) is 11.4 Å². The highest BCUT2D eigenvalue weighted by molar-refractivity contribution is 6.30. The smallest absolute Gasteiger partial charge is 0.278 e. The molecule has 4 rings (SSSR count). The van der Waals surface area contributed by atoms with E-state index in [4.69, 9.17) is 11.6 Å². The second-order valence-corrected chi connectivity index (χ2v) is 8.33. The van der Waals surface area contributed by atoms with Gasteiger partial charge in [0.2, 0.25) is 5.43 Å². The number of amides is 2. The quantitative estimate of drug-likeness (QED) is 0.755. The number of piperidine rings is 1. The van der Waals surface area contributed by atoms with Crippen LogP contribution < -0.4 is 15.8 Å². The second-order valence-electron chi connectivity index (χ2n) is 7.90. The number of nitrogens with zero attached hydrogens (tertiary/aromatic N) is 3. The lowest BCUT2D eigenvalue weighted by Gasteiger charge is -2.48.